The van der Waals surface area contributed by atoms with E-state index in [1.165, 1.54) is 0 Å². The Labute approximate surface area is 131 Å². The predicted molar refractivity (Wildman–Crippen MR) is 89.7 cm³/mol. The number of H-pyrrole nitrogens is 2. The van der Waals surface area contributed by atoms with Crippen molar-refractivity contribution in [2.75, 3.05) is 0 Å². The van der Waals surface area contributed by atoms with Crippen LogP contribution in [0.4, 0.5) is 0 Å². The summed E-state index contributed by atoms with van der Waals surface area (Å²) in [5.41, 5.74) is 3.23. The number of hydrogen-bond acceptors (Lipinski definition) is 2. The molecule has 0 saturated carbocycles. The second-order valence-corrected chi connectivity index (χ2v) is 5.55. The van der Waals surface area contributed by atoms with E-state index in [9.17, 15) is 9.59 Å². The Hall–Kier alpha value is -3.02. The lowest BCUT2D eigenvalue weighted by atomic mass is 10.3. The zero-order chi connectivity index (χ0) is 15.8. The number of aryl methyl sites for hydroxylation is 2. The first-order chi connectivity index (χ1) is 11.2. The minimum atomic E-state index is -0.113. The Bertz CT molecular complexity index is 1010. The first kappa shape index (κ1) is 13.6. The van der Waals surface area contributed by atoms with Crippen molar-refractivity contribution in [2.45, 2.75) is 19.5 Å². The fraction of sp³-hybridized carbons (Fsp3) is 0.176. The topological polar surface area (TPSA) is 75.6 Å². The van der Waals surface area contributed by atoms with Gasteiger partial charge in [-0.1, -0.05) is 24.3 Å². The van der Waals surface area contributed by atoms with Crippen LogP contribution in [0.15, 0.2) is 58.1 Å². The maximum absolute atomic E-state index is 12.0. The molecule has 0 unspecified atom stereocenters. The van der Waals surface area contributed by atoms with Crippen molar-refractivity contribution in [2.24, 2.45) is 0 Å². The smallest absolute Gasteiger partial charge is 0.306 e. The van der Waals surface area contributed by atoms with Gasteiger partial charge in [0.25, 0.3) is 0 Å². The van der Waals surface area contributed by atoms with Crippen molar-refractivity contribution in [3.63, 3.8) is 0 Å². The highest BCUT2D eigenvalue weighted by atomic mass is 16.1. The van der Waals surface area contributed by atoms with E-state index in [-0.39, 0.29) is 11.4 Å². The van der Waals surface area contributed by atoms with Gasteiger partial charge >= 0.3 is 11.4 Å². The van der Waals surface area contributed by atoms with Crippen LogP contribution in [0.25, 0.3) is 22.1 Å². The summed E-state index contributed by atoms with van der Waals surface area (Å²) in [7, 11) is 0. The van der Waals surface area contributed by atoms with Crippen molar-refractivity contribution in [3.05, 3.63) is 69.5 Å². The van der Waals surface area contributed by atoms with Crippen LogP contribution >= 0.6 is 0 Å². The van der Waals surface area contributed by atoms with Crippen molar-refractivity contribution < 1.29 is 0 Å². The molecule has 0 atom stereocenters. The molecule has 2 heterocycles. The summed E-state index contributed by atoms with van der Waals surface area (Å²) in [6.07, 6.45) is 0.698. The molecule has 0 saturated heterocycles. The van der Waals surface area contributed by atoms with Crippen molar-refractivity contribution in [3.8, 4) is 0 Å². The summed E-state index contributed by atoms with van der Waals surface area (Å²) < 4.78 is 3.43. The van der Waals surface area contributed by atoms with Gasteiger partial charge in [-0.05, 0) is 30.7 Å². The third-order valence-corrected chi connectivity index (χ3v) is 4.13. The molecule has 2 aromatic carbocycles. The van der Waals surface area contributed by atoms with Crippen LogP contribution in [0.3, 0.4) is 0 Å². The molecule has 2 aromatic heterocycles. The van der Waals surface area contributed by atoms with Crippen molar-refractivity contribution in [1.29, 1.82) is 0 Å². The van der Waals surface area contributed by atoms with E-state index in [1.807, 2.05) is 48.5 Å². The normalized spacial score (nSPS) is 11.5. The molecule has 6 nitrogen and oxygen atoms in total. The van der Waals surface area contributed by atoms with Gasteiger partial charge in [0, 0.05) is 13.1 Å². The fourth-order valence-electron chi connectivity index (χ4n) is 3.04. The van der Waals surface area contributed by atoms with Gasteiger partial charge in [-0.2, -0.15) is 0 Å². The van der Waals surface area contributed by atoms with Gasteiger partial charge in [-0.25, -0.2) is 9.59 Å². The molecule has 0 spiro atoms. The summed E-state index contributed by atoms with van der Waals surface area (Å²) in [6.45, 7) is 1.13. The molecule has 0 aliphatic rings. The van der Waals surface area contributed by atoms with Gasteiger partial charge in [0.2, 0.25) is 0 Å². The van der Waals surface area contributed by atoms with Gasteiger partial charge in [0.1, 0.15) is 0 Å². The van der Waals surface area contributed by atoms with Crippen LogP contribution in [0, 0.1) is 0 Å². The van der Waals surface area contributed by atoms with Crippen LogP contribution in [-0.2, 0) is 13.1 Å². The summed E-state index contributed by atoms with van der Waals surface area (Å²) in [6, 6.07) is 15.2. The number of nitrogens with zero attached hydrogens (tertiary/aromatic N) is 2. The molecule has 0 fully saturated rings. The third-order valence-electron chi connectivity index (χ3n) is 4.13. The lowest BCUT2D eigenvalue weighted by molar-refractivity contribution is 0.562. The van der Waals surface area contributed by atoms with Crippen LogP contribution in [0.5, 0.6) is 0 Å². The molecule has 0 radical (unpaired) electrons. The molecule has 116 valence electrons. The summed E-state index contributed by atoms with van der Waals surface area (Å²) in [5.74, 6) is 0. The average Bonchev–Trinajstić information content (AvgIpc) is 3.04. The first-order valence-electron chi connectivity index (χ1n) is 7.59. The summed E-state index contributed by atoms with van der Waals surface area (Å²) in [4.78, 5) is 29.8. The third kappa shape index (κ3) is 2.28. The van der Waals surface area contributed by atoms with Crippen molar-refractivity contribution in [1.82, 2.24) is 19.1 Å². The summed E-state index contributed by atoms with van der Waals surface area (Å²) >= 11 is 0. The highest BCUT2D eigenvalue weighted by molar-refractivity contribution is 5.75. The van der Waals surface area contributed by atoms with E-state index < -0.39 is 0 Å². The Kier molecular flexibility index (Phi) is 3.15. The monoisotopic (exact) mass is 308 g/mol. The summed E-state index contributed by atoms with van der Waals surface area (Å²) in [5, 5.41) is 0. The Balaban J connectivity index is 1.60. The van der Waals surface area contributed by atoms with Gasteiger partial charge in [0.15, 0.2) is 0 Å². The molecule has 2 N–H and O–H groups in total. The number of benzene rings is 2. The number of rotatable bonds is 4. The maximum atomic E-state index is 12.0. The number of aromatic amines is 2. The number of para-hydroxylation sites is 4. The number of fused-ring (bicyclic) bond motifs is 2. The first-order valence-corrected chi connectivity index (χ1v) is 7.59. The van der Waals surface area contributed by atoms with Gasteiger partial charge in [-0.3, -0.25) is 9.13 Å². The van der Waals surface area contributed by atoms with E-state index in [2.05, 4.69) is 9.97 Å². The SMILES string of the molecule is O=c1[nH]c2ccccc2n1CCCn1c(=O)[nH]c2ccccc21. The highest BCUT2D eigenvalue weighted by Crippen LogP contribution is 2.11. The van der Waals surface area contributed by atoms with Crippen molar-refractivity contribution >= 4 is 22.1 Å². The average molecular weight is 308 g/mol. The van der Waals surface area contributed by atoms with Gasteiger partial charge in [0.05, 0.1) is 22.1 Å². The second kappa shape index (κ2) is 5.31. The number of imidazole rings is 2. The molecule has 23 heavy (non-hydrogen) atoms. The van der Waals surface area contributed by atoms with Gasteiger partial charge < -0.3 is 9.97 Å². The Morgan fingerprint density at radius 2 is 1.13 bits per heavy atom. The molecular weight excluding hydrogens is 292 g/mol. The number of hydrogen-bond donors (Lipinski definition) is 2. The van der Waals surface area contributed by atoms with E-state index in [1.54, 1.807) is 9.13 Å². The highest BCUT2D eigenvalue weighted by Gasteiger charge is 2.08. The largest absolute Gasteiger partial charge is 0.326 e. The van der Waals surface area contributed by atoms with Crippen LogP contribution < -0.4 is 11.4 Å². The molecule has 0 aliphatic carbocycles. The van der Waals surface area contributed by atoms with E-state index in [4.69, 9.17) is 0 Å². The molecule has 0 amide bonds. The maximum Gasteiger partial charge on any atom is 0.326 e. The minimum absolute atomic E-state index is 0.113. The van der Waals surface area contributed by atoms with E-state index >= 15 is 0 Å². The Morgan fingerprint density at radius 1 is 0.696 bits per heavy atom. The van der Waals surface area contributed by atoms with Crippen LogP contribution in [0.2, 0.25) is 0 Å². The molecular formula is C17H16N4O2. The standard InChI is InChI=1S/C17H16N4O2/c22-16-18-12-6-1-3-8-14(12)20(16)10-5-11-21-15-9-4-2-7-13(15)19-17(21)23/h1-4,6-9H,5,10-11H2,(H,18,22)(H,19,23). The molecule has 4 rings (SSSR count). The molecule has 0 aliphatic heterocycles. The van der Waals surface area contributed by atoms with Crippen LogP contribution in [-0.4, -0.2) is 19.1 Å². The fourth-order valence-corrected chi connectivity index (χ4v) is 3.04. The number of aromatic nitrogens is 4. The van der Waals surface area contributed by atoms with E-state index in [0.29, 0.717) is 19.5 Å². The molecule has 0 bridgehead atoms. The zero-order valence-corrected chi connectivity index (χ0v) is 12.5. The number of nitrogens with one attached hydrogen (secondary N) is 2. The van der Waals surface area contributed by atoms with E-state index in [0.717, 1.165) is 22.1 Å². The van der Waals surface area contributed by atoms with Crippen LogP contribution in [0.1, 0.15) is 6.42 Å². The lowest BCUT2D eigenvalue weighted by Gasteiger charge is -2.05. The zero-order valence-electron chi connectivity index (χ0n) is 12.5. The minimum Gasteiger partial charge on any atom is -0.306 e. The predicted octanol–water partition coefficient (Wildman–Crippen LogP) is 2.06. The second-order valence-electron chi connectivity index (χ2n) is 5.55. The molecule has 6 heteroatoms. The molecule has 4 aromatic rings. The van der Waals surface area contributed by atoms with Gasteiger partial charge in [-0.15, -0.1) is 0 Å². The Morgan fingerprint density at radius 3 is 1.61 bits per heavy atom. The lowest BCUT2D eigenvalue weighted by Crippen LogP contribution is -2.21. The quantitative estimate of drug-likeness (QED) is 0.605.